The number of rotatable bonds is 11. The molecule has 2 rings (SSSR count). The van der Waals surface area contributed by atoms with Gasteiger partial charge >= 0.3 is 0 Å². The number of hydrogen-bond acceptors (Lipinski definition) is 3. The van der Waals surface area contributed by atoms with Crippen molar-refractivity contribution in [3.63, 3.8) is 0 Å². The maximum Gasteiger partial charge on any atom is 0.0800 e. The highest BCUT2D eigenvalue weighted by atomic mass is 14.9. The highest BCUT2D eigenvalue weighted by Gasteiger charge is 2.33. The van der Waals surface area contributed by atoms with Gasteiger partial charge in [-0.1, -0.05) is 62.2 Å². The topological polar surface area (TPSA) is 37.1 Å². The minimum atomic E-state index is -0.279. The third-order valence-corrected chi connectivity index (χ3v) is 6.06. The number of fused-ring (bicyclic) bond motifs is 1. The highest BCUT2D eigenvalue weighted by molar-refractivity contribution is 6.10. The van der Waals surface area contributed by atoms with Gasteiger partial charge in [0.2, 0.25) is 0 Å². The van der Waals surface area contributed by atoms with Crippen molar-refractivity contribution in [2.24, 2.45) is 15.0 Å². The van der Waals surface area contributed by atoms with Gasteiger partial charge in [-0.3, -0.25) is 15.0 Å². The Morgan fingerprint density at radius 3 is 2.48 bits per heavy atom. The summed E-state index contributed by atoms with van der Waals surface area (Å²) in [6, 6.07) is 8.48. The second kappa shape index (κ2) is 12.2. The van der Waals surface area contributed by atoms with E-state index < -0.39 is 0 Å². The largest absolute Gasteiger partial charge is 0.286 e. The Hall–Kier alpha value is -3.07. The molecule has 3 nitrogen and oxygen atoms in total. The van der Waals surface area contributed by atoms with Crippen molar-refractivity contribution in [3.8, 4) is 0 Å². The molecule has 0 radical (unpaired) electrons. The van der Waals surface area contributed by atoms with Gasteiger partial charge < -0.3 is 0 Å². The number of benzene rings is 1. The zero-order chi connectivity index (χ0) is 24.4. The highest BCUT2D eigenvalue weighted by Crippen LogP contribution is 2.39. The molecule has 0 aliphatic carbocycles. The summed E-state index contributed by atoms with van der Waals surface area (Å²) in [5.74, 6) is 0.207. The monoisotopic (exact) mass is 441 g/mol. The second-order valence-electron chi connectivity index (χ2n) is 8.83. The molecule has 0 fully saturated rings. The lowest BCUT2D eigenvalue weighted by atomic mass is 9.76. The SMILES string of the molecule is C=CC(C)=NCC(=C)C1N=C(C=C)c2ccccc2C1CCC(C)(/C=C\C)N=C(C)/C=C\C. The van der Waals surface area contributed by atoms with E-state index in [1.165, 1.54) is 5.56 Å². The Kier molecular flexibility index (Phi) is 9.72. The van der Waals surface area contributed by atoms with Crippen LogP contribution in [0.2, 0.25) is 0 Å². The molecule has 0 saturated heterocycles. The zero-order valence-electron chi connectivity index (χ0n) is 21.0. The first-order chi connectivity index (χ1) is 15.8. The minimum absolute atomic E-state index is 0.0512. The van der Waals surface area contributed by atoms with E-state index in [1.54, 1.807) is 6.08 Å². The molecule has 3 unspecified atom stereocenters. The van der Waals surface area contributed by atoms with Crippen LogP contribution in [0, 0.1) is 0 Å². The van der Waals surface area contributed by atoms with Crippen LogP contribution in [0.5, 0.6) is 0 Å². The Bertz CT molecular complexity index is 1020. The molecule has 0 aromatic heterocycles. The van der Waals surface area contributed by atoms with Gasteiger partial charge in [0.05, 0.1) is 23.8 Å². The molecular formula is C30H39N3. The Morgan fingerprint density at radius 2 is 1.85 bits per heavy atom. The van der Waals surface area contributed by atoms with E-state index in [0.29, 0.717) is 6.54 Å². The molecule has 0 bridgehead atoms. The Morgan fingerprint density at radius 1 is 1.12 bits per heavy atom. The molecular weight excluding hydrogens is 402 g/mol. The van der Waals surface area contributed by atoms with Crippen LogP contribution in [-0.4, -0.2) is 35.3 Å². The molecule has 3 atom stereocenters. The van der Waals surface area contributed by atoms with Gasteiger partial charge in [0.15, 0.2) is 0 Å². The van der Waals surface area contributed by atoms with E-state index in [2.05, 4.69) is 88.0 Å². The minimum Gasteiger partial charge on any atom is -0.286 e. The average Bonchev–Trinajstić information content (AvgIpc) is 2.80. The number of hydrogen-bond donors (Lipinski definition) is 0. The van der Waals surface area contributed by atoms with E-state index in [9.17, 15) is 0 Å². The molecule has 1 aromatic carbocycles. The Labute approximate surface area is 200 Å². The molecule has 0 amide bonds. The van der Waals surface area contributed by atoms with Crippen molar-refractivity contribution in [1.82, 2.24) is 0 Å². The summed E-state index contributed by atoms with van der Waals surface area (Å²) in [6.07, 6.45) is 13.9. The third kappa shape index (κ3) is 6.95. The Balaban J connectivity index is 2.45. The molecule has 1 heterocycles. The van der Waals surface area contributed by atoms with Gasteiger partial charge in [-0.25, -0.2) is 0 Å². The zero-order valence-corrected chi connectivity index (χ0v) is 21.0. The maximum atomic E-state index is 5.10. The second-order valence-corrected chi connectivity index (χ2v) is 8.83. The molecule has 3 heteroatoms. The molecule has 1 aliphatic rings. The predicted octanol–water partition coefficient (Wildman–Crippen LogP) is 7.48. The fourth-order valence-electron chi connectivity index (χ4n) is 4.43. The predicted molar refractivity (Wildman–Crippen MR) is 147 cm³/mol. The summed E-state index contributed by atoms with van der Waals surface area (Å²) in [5, 5.41) is 0. The van der Waals surface area contributed by atoms with Crippen molar-refractivity contribution in [2.75, 3.05) is 6.54 Å². The molecule has 0 N–H and O–H groups in total. The summed E-state index contributed by atoms with van der Waals surface area (Å²) >= 11 is 0. The fourth-order valence-corrected chi connectivity index (χ4v) is 4.43. The number of aliphatic imine (C=N–C) groups is 3. The van der Waals surface area contributed by atoms with Crippen LogP contribution in [-0.2, 0) is 0 Å². The molecule has 1 aromatic rings. The lowest BCUT2D eigenvalue weighted by molar-refractivity contribution is 0.444. The van der Waals surface area contributed by atoms with Gasteiger partial charge in [-0.05, 0) is 76.8 Å². The van der Waals surface area contributed by atoms with E-state index in [-0.39, 0.29) is 17.5 Å². The van der Waals surface area contributed by atoms with E-state index in [4.69, 9.17) is 9.98 Å². The van der Waals surface area contributed by atoms with Crippen molar-refractivity contribution in [1.29, 1.82) is 0 Å². The van der Waals surface area contributed by atoms with Crippen molar-refractivity contribution < 1.29 is 0 Å². The van der Waals surface area contributed by atoms with Crippen LogP contribution in [0.4, 0.5) is 0 Å². The van der Waals surface area contributed by atoms with Crippen molar-refractivity contribution in [2.45, 2.75) is 65.0 Å². The van der Waals surface area contributed by atoms with Gasteiger partial charge in [0, 0.05) is 22.9 Å². The van der Waals surface area contributed by atoms with Gasteiger partial charge in [-0.15, -0.1) is 0 Å². The molecule has 0 saturated carbocycles. The summed E-state index contributed by atoms with van der Waals surface area (Å²) in [6.45, 7) is 23.1. The van der Waals surface area contributed by atoms with Crippen molar-refractivity contribution in [3.05, 3.63) is 97.2 Å². The van der Waals surface area contributed by atoms with Crippen LogP contribution in [0.25, 0.3) is 0 Å². The molecule has 174 valence electrons. The van der Waals surface area contributed by atoms with Crippen LogP contribution >= 0.6 is 0 Å². The summed E-state index contributed by atoms with van der Waals surface area (Å²) in [7, 11) is 0. The standard InChI is InChI=1S/C30H39N3/c1-9-15-24(7)33-30(8,19-10-2)20-18-27-25-16-13-14-17-26(25)28(12-4)32-29(27)22(5)21-31-23(6)11-3/h9-17,19,27,29H,3-5,18,20-21H2,1-2,6-8H3/b15-9-,19-10-,31-23?,33-24?. The van der Waals surface area contributed by atoms with Crippen molar-refractivity contribution >= 4 is 17.1 Å². The van der Waals surface area contributed by atoms with Gasteiger partial charge in [0.25, 0.3) is 0 Å². The number of nitrogens with zero attached hydrogens (tertiary/aromatic N) is 3. The summed E-state index contributed by atoms with van der Waals surface area (Å²) < 4.78 is 0. The lowest BCUT2D eigenvalue weighted by Crippen LogP contribution is -2.30. The third-order valence-electron chi connectivity index (χ3n) is 6.06. The van der Waals surface area contributed by atoms with Crippen LogP contribution in [0.15, 0.2) is 101 Å². The van der Waals surface area contributed by atoms with E-state index >= 15 is 0 Å². The first-order valence-corrected chi connectivity index (χ1v) is 11.7. The smallest absolute Gasteiger partial charge is 0.0800 e. The fraction of sp³-hybridized carbons (Fsp3) is 0.367. The molecule has 33 heavy (non-hydrogen) atoms. The molecule has 0 spiro atoms. The quantitative estimate of drug-likeness (QED) is 0.252. The first kappa shape index (κ1) is 26.2. The van der Waals surface area contributed by atoms with Crippen LogP contribution in [0.3, 0.4) is 0 Å². The lowest BCUT2D eigenvalue weighted by Gasteiger charge is -2.34. The average molecular weight is 442 g/mol. The van der Waals surface area contributed by atoms with Crippen LogP contribution < -0.4 is 0 Å². The number of allylic oxidation sites excluding steroid dienone is 5. The summed E-state index contributed by atoms with van der Waals surface area (Å²) in [4.78, 5) is 14.8. The maximum absolute atomic E-state index is 5.10. The van der Waals surface area contributed by atoms with Gasteiger partial charge in [-0.2, -0.15) is 0 Å². The van der Waals surface area contributed by atoms with Gasteiger partial charge in [0.1, 0.15) is 0 Å². The van der Waals surface area contributed by atoms with Crippen LogP contribution in [0.1, 0.15) is 64.5 Å². The molecule has 1 aliphatic heterocycles. The van der Waals surface area contributed by atoms with E-state index in [1.807, 2.05) is 26.0 Å². The van der Waals surface area contributed by atoms with E-state index in [0.717, 1.165) is 41.1 Å². The normalized spacial score (nSPS) is 20.9. The first-order valence-electron chi connectivity index (χ1n) is 11.7. The summed E-state index contributed by atoms with van der Waals surface area (Å²) in [5.41, 5.74) is 6.06.